The monoisotopic (exact) mass is 335 g/mol. The Labute approximate surface area is 118 Å². The second-order valence-corrected chi connectivity index (χ2v) is 5.35. The maximum atomic E-state index is 6.13. The zero-order valence-corrected chi connectivity index (χ0v) is 12.5. The van der Waals surface area contributed by atoms with Gasteiger partial charge in [-0.3, -0.25) is 0 Å². The van der Waals surface area contributed by atoms with Gasteiger partial charge in [0.2, 0.25) is 0 Å². The zero-order chi connectivity index (χ0) is 12.4. The van der Waals surface area contributed by atoms with E-state index in [0.29, 0.717) is 10.3 Å². The summed E-state index contributed by atoms with van der Waals surface area (Å²) in [6.45, 7) is 2.87. The van der Waals surface area contributed by atoms with Crippen molar-refractivity contribution in [2.24, 2.45) is 0 Å². The van der Waals surface area contributed by atoms with Crippen molar-refractivity contribution in [2.45, 2.75) is 26.3 Å². The van der Waals surface area contributed by atoms with E-state index in [2.05, 4.69) is 30.5 Å². The lowest BCUT2D eigenvalue weighted by atomic mass is 10.3. The molecule has 0 aliphatic carbocycles. The van der Waals surface area contributed by atoms with Gasteiger partial charge in [-0.2, -0.15) is 0 Å². The van der Waals surface area contributed by atoms with Gasteiger partial charge in [-0.25, -0.2) is 9.97 Å². The predicted molar refractivity (Wildman–Crippen MR) is 75.3 cm³/mol. The maximum absolute atomic E-state index is 6.13. The molecule has 0 unspecified atom stereocenters. The number of aromatic nitrogens is 3. The van der Waals surface area contributed by atoms with Crippen LogP contribution < -0.4 is 0 Å². The Morgan fingerprint density at radius 2 is 2.06 bits per heavy atom. The number of hydrogen-bond acceptors (Lipinski definition) is 2. The third kappa shape index (κ3) is 2.75. The molecule has 0 saturated heterocycles. The van der Waals surface area contributed by atoms with E-state index < -0.39 is 0 Å². The number of aryl methyl sites for hydroxylation is 2. The fourth-order valence-electron chi connectivity index (χ4n) is 1.84. The summed E-state index contributed by atoms with van der Waals surface area (Å²) in [7, 11) is 0. The average molecular weight is 337 g/mol. The highest BCUT2D eigenvalue weighted by molar-refractivity contribution is 9.09. The summed E-state index contributed by atoms with van der Waals surface area (Å²) in [5.41, 5.74) is 1.69. The molecule has 6 heteroatoms. The van der Waals surface area contributed by atoms with Crippen LogP contribution in [-0.2, 0) is 6.54 Å². The molecular weight excluding hydrogens is 325 g/mol. The van der Waals surface area contributed by atoms with Crippen molar-refractivity contribution in [3.63, 3.8) is 0 Å². The average Bonchev–Trinajstić information content (AvgIpc) is 2.55. The summed E-state index contributed by atoms with van der Waals surface area (Å²) in [5, 5.41) is 1.82. The summed E-state index contributed by atoms with van der Waals surface area (Å²) in [5.74, 6) is 0.945. The van der Waals surface area contributed by atoms with E-state index in [-0.39, 0.29) is 0 Å². The molecule has 0 saturated carbocycles. The normalized spacial score (nSPS) is 11.3. The van der Waals surface area contributed by atoms with E-state index in [1.807, 2.05) is 6.92 Å². The van der Waals surface area contributed by atoms with E-state index in [1.54, 1.807) is 6.07 Å². The first-order chi connectivity index (χ1) is 8.13. The van der Waals surface area contributed by atoms with Gasteiger partial charge >= 0.3 is 0 Å². The summed E-state index contributed by atoms with van der Waals surface area (Å²) in [6.07, 6.45) is 2.20. The van der Waals surface area contributed by atoms with E-state index in [1.165, 1.54) is 0 Å². The highest BCUT2D eigenvalue weighted by Gasteiger charge is 2.12. The number of hydrogen-bond donors (Lipinski definition) is 0. The van der Waals surface area contributed by atoms with Crippen LogP contribution in [0.15, 0.2) is 6.07 Å². The predicted octanol–water partition coefficient (Wildman–Crippen LogP) is 4.22. The Hall–Kier alpha value is -0.320. The SMILES string of the molecule is Cc1nc2cc(Cl)nc(Cl)c2n1CCCCBr. The van der Waals surface area contributed by atoms with Crippen LogP contribution in [-0.4, -0.2) is 19.9 Å². The highest BCUT2D eigenvalue weighted by atomic mass is 79.9. The fourth-order valence-corrected chi connectivity index (χ4v) is 2.75. The van der Waals surface area contributed by atoms with Crippen LogP contribution in [0.2, 0.25) is 10.3 Å². The Kier molecular flexibility index (Phi) is 4.28. The molecule has 92 valence electrons. The third-order valence-corrected chi connectivity index (χ3v) is 3.62. The second-order valence-electron chi connectivity index (χ2n) is 3.81. The number of nitrogens with zero attached hydrogens (tertiary/aromatic N) is 3. The smallest absolute Gasteiger partial charge is 0.156 e. The van der Waals surface area contributed by atoms with Crippen molar-refractivity contribution in [3.8, 4) is 0 Å². The Morgan fingerprint density at radius 1 is 1.29 bits per heavy atom. The molecule has 0 amide bonds. The van der Waals surface area contributed by atoms with E-state index in [0.717, 1.165) is 41.6 Å². The summed E-state index contributed by atoms with van der Waals surface area (Å²) in [4.78, 5) is 8.52. The van der Waals surface area contributed by atoms with Crippen LogP contribution in [0.25, 0.3) is 11.0 Å². The maximum Gasteiger partial charge on any atom is 0.156 e. The summed E-state index contributed by atoms with van der Waals surface area (Å²) in [6, 6.07) is 1.75. The molecule has 2 heterocycles. The number of halogens is 3. The number of alkyl halides is 1. The molecule has 2 aromatic rings. The first kappa shape index (κ1) is 13.1. The van der Waals surface area contributed by atoms with E-state index in [4.69, 9.17) is 23.2 Å². The molecule has 0 spiro atoms. The van der Waals surface area contributed by atoms with Gasteiger partial charge in [-0.15, -0.1) is 0 Å². The molecule has 2 aromatic heterocycles. The number of imidazole rings is 1. The lowest BCUT2D eigenvalue weighted by Gasteiger charge is -2.06. The minimum absolute atomic E-state index is 0.382. The highest BCUT2D eigenvalue weighted by Crippen LogP contribution is 2.26. The van der Waals surface area contributed by atoms with Gasteiger partial charge in [0.05, 0.1) is 5.52 Å². The van der Waals surface area contributed by atoms with Gasteiger partial charge in [0.15, 0.2) is 5.15 Å². The van der Waals surface area contributed by atoms with Crippen LogP contribution in [0.5, 0.6) is 0 Å². The quantitative estimate of drug-likeness (QED) is 0.475. The van der Waals surface area contributed by atoms with Crippen LogP contribution in [0, 0.1) is 6.92 Å². The van der Waals surface area contributed by atoms with Crippen LogP contribution >= 0.6 is 39.1 Å². The molecule has 2 rings (SSSR count). The zero-order valence-electron chi connectivity index (χ0n) is 9.38. The summed E-state index contributed by atoms with van der Waals surface area (Å²) < 4.78 is 2.10. The molecule has 0 bridgehead atoms. The van der Waals surface area contributed by atoms with Crippen molar-refractivity contribution in [1.29, 1.82) is 0 Å². The van der Waals surface area contributed by atoms with Gasteiger partial charge in [0, 0.05) is 17.9 Å². The standard InChI is InChI=1S/C11H12BrCl2N3/c1-7-15-8-6-9(13)16-11(14)10(8)17(7)5-3-2-4-12/h6H,2-5H2,1H3. The summed E-state index contributed by atoms with van der Waals surface area (Å²) >= 11 is 15.4. The fraction of sp³-hybridized carbons (Fsp3) is 0.455. The van der Waals surface area contributed by atoms with Crippen LogP contribution in [0.3, 0.4) is 0 Å². The van der Waals surface area contributed by atoms with Crippen LogP contribution in [0.4, 0.5) is 0 Å². The number of rotatable bonds is 4. The van der Waals surface area contributed by atoms with Crippen LogP contribution in [0.1, 0.15) is 18.7 Å². The molecule has 0 aliphatic rings. The number of fused-ring (bicyclic) bond motifs is 1. The Balaban J connectivity index is 2.43. The lowest BCUT2D eigenvalue weighted by Crippen LogP contribution is -2.01. The molecule has 0 aromatic carbocycles. The van der Waals surface area contributed by atoms with Gasteiger partial charge in [-0.1, -0.05) is 39.1 Å². The Bertz CT molecular complexity index is 539. The third-order valence-electron chi connectivity index (χ3n) is 2.61. The van der Waals surface area contributed by atoms with Gasteiger partial charge < -0.3 is 4.57 Å². The first-order valence-corrected chi connectivity index (χ1v) is 7.26. The lowest BCUT2D eigenvalue weighted by molar-refractivity contribution is 0.634. The van der Waals surface area contributed by atoms with Gasteiger partial charge in [0.25, 0.3) is 0 Å². The molecule has 0 aliphatic heterocycles. The molecular formula is C11H12BrCl2N3. The van der Waals surface area contributed by atoms with Crippen molar-refractivity contribution in [1.82, 2.24) is 14.5 Å². The van der Waals surface area contributed by atoms with E-state index >= 15 is 0 Å². The molecule has 17 heavy (non-hydrogen) atoms. The molecule has 0 N–H and O–H groups in total. The second kappa shape index (κ2) is 5.55. The van der Waals surface area contributed by atoms with Gasteiger partial charge in [0.1, 0.15) is 16.5 Å². The number of unbranched alkanes of at least 4 members (excludes halogenated alkanes) is 1. The molecule has 0 fully saturated rings. The minimum atomic E-state index is 0.382. The largest absolute Gasteiger partial charge is 0.326 e. The van der Waals surface area contributed by atoms with Crippen molar-refractivity contribution >= 4 is 50.2 Å². The number of pyridine rings is 1. The minimum Gasteiger partial charge on any atom is -0.326 e. The first-order valence-electron chi connectivity index (χ1n) is 5.38. The van der Waals surface area contributed by atoms with Crippen molar-refractivity contribution in [2.75, 3.05) is 5.33 Å². The van der Waals surface area contributed by atoms with Crippen molar-refractivity contribution in [3.05, 3.63) is 22.2 Å². The van der Waals surface area contributed by atoms with Crippen molar-refractivity contribution < 1.29 is 0 Å². The topological polar surface area (TPSA) is 30.7 Å². The Morgan fingerprint density at radius 3 is 2.76 bits per heavy atom. The van der Waals surface area contributed by atoms with E-state index in [9.17, 15) is 0 Å². The molecule has 0 radical (unpaired) electrons. The molecule has 0 atom stereocenters. The van der Waals surface area contributed by atoms with Gasteiger partial charge in [-0.05, 0) is 19.8 Å². The molecule has 3 nitrogen and oxygen atoms in total.